The fraction of sp³-hybridized carbons (Fsp3) is 0.556. The third kappa shape index (κ3) is 5.99. The zero-order valence-electron chi connectivity index (χ0n) is 14.8. The Labute approximate surface area is 157 Å². The van der Waals surface area contributed by atoms with Crippen molar-refractivity contribution >= 4 is 27.8 Å². The van der Waals surface area contributed by atoms with Gasteiger partial charge in [-0.1, -0.05) is 15.9 Å². The Morgan fingerprint density at radius 2 is 2.12 bits per heavy atom. The summed E-state index contributed by atoms with van der Waals surface area (Å²) in [7, 11) is 3.44. The van der Waals surface area contributed by atoms with Crippen LogP contribution in [0.5, 0.6) is 0 Å². The molecule has 1 aromatic rings. The van der Waals surface area contributed by atoms with E-state index in [0.717, 1.165) is 36.4 Å². The monoisotopic (exact) mass is 412 g/mol. The zero-order valence-corrected chi connectivity index (χ0v) is 16.4. The molecule has 0 spiro atoms. The van der Waals surface area contributed by atoms with Crippen LogP contribution in [0.1, 0.15) is 24.8 Å². The largest absolute Gasteiger partial charge is 0.359 e. The van der Waals surface area contributed by atoms with Gasteiger partial charge in [0, 0.05) is 44.6 Å². The highest BCUT2D eigenvalue weighted by Gasteiger charge is 2.22. The second kappa shape index (κ2) is 9.75. The number of carbonyl (C=O) groups excluding carboxylic acids is 1. The first kappa shape index (κ1) is 19.7. The van der Waals surface area contributed by atoms with E-state index in [-0.39, 0.29) is 11.7 Å². The molecule has 2 rings (SSSR count). The van der Waals surface area contributed by atoms with Crippen molar-refractivity contribution in [2.45, 2.75) is 25.7 Å². The van der Waals surface area contributed by atoms with Gasteiger partial charge in [0.25, 0.3) is 0 Å². The van der Waals surface area contributed by atoms with Gasteiger partial charge in [-0.2, -0.15) is 0 Å². The lowest BCUT2D eigenvalue weighted by atomic mass is 9.93. The summed E-state index contributed by atoms with van der Waals surface area (Å²) in [5.41, 5.74) is 0.682. The van der Waals surface area contributed by atoms with Crippen molar-refractivity contribution in [3.8, 4) is 0 Å². The van der Waals surface area contributed by atoms with E-state index in [2.05, 4.69) is 36.5 Å². The molecular formula is C18H26BrFN4O. The van der Waals surface area contributed by atoms with Crippen LogP contribution < -0.4 is 10.6 Å². The summed E-state index contributed by atoms with van der Waals surface area (Å²) < 4.78 is 14.7. The standard InChI is InChI=1S/C18H26BrFN4O/c1-21-17(25)11-13-6-9-24(10-7-13)18(22-2)23-8-5-14-12-15(19)3-4-16(14)20/h3-4,12-13H,5-11H2,1-2H3,(H,21,25)(H,22,23). The maximum Gasteiger partial charge on any atom is 0.220 e. The van der Waals surface area contributed by atoms with Crippen molar-refractivity contribution in [2.24, 2.45) is 10.9 Å². The van der Waals surface area contributed by atoms with Gasteiger partial charge in [0.2, 0.25) is 5.91 Å². The van der Waals surface area contributed by atoms with Crippen molar-refractivity contribution in [1.82, 2.24) is 15.5 Å². The average Bonchev–Trinajstić information content (AvgIpc) is 2.62. The fourth-order valence-corrected chi connectivity index (χ4v) is 3.50. The van der Waals surface area contributed by atoms with Gasteiger partial charge in [-0.25, -0.2) is 4.39 Å². The lowest BCUT2D eigenvalue weighted by molar-refractivity contribution is -0.121. The van der Waals surface area contributed by atoms with Gasteiger partial charge >= 0.3 is 0 Å². The topological polar surface area (TPSA) is 56.7 Å². The van der Waals surface area contributed by atoms with Crippen LogP contribution in [-0.4, -0.2) is 50.5 Å². The molecule has 2 N–H and O–H groups in total. The molecular weight excluding hydrogens is 387 g/mol. The second-order valence-electron chi connectivity index (χ2n) is 6.27. The van der Waals surface area contributed by atoms with Gasteiger partial charge in [0.15, 0.2) is 5.96 Å². The Morgan fingerprint density at radius 1 is 1.40 bits per heavy atom. The number of hydrogen-bond acceptors (Lipinski definition) is 2. The van der Waals surface area contributed by atoms with Gasteiger partial charge in [0.1, 0.15) is 5.82 Å². The molecule has 1 amide bonds. The summed E-state index contributed by atoms with van der Waals surface area (Å²) in [6, 6.07) is 4.99. The molecule has 0 aliphatic carbocycles. The predicted molar refractivity (Wildman–Crippen MR) is 102 cm³/mol. The molecule has 1 fully saturated rings. The van der Waals surface area contributed by atoms with Gasteiger partial charge in [-0.05, 0) is 48.9 Å². The molecule has 1 aromatic carbocycles. The van der Waals surface area contributed by atoms with Gasteiger partial charge in [-0.3, -0.25) is 9.79 Å². The lowest BCUT2D eigenvalue weighted by Gasteiger charge is -2.34. The molecule has 1 saturated heterocycles. The zero-order chi connectivity index (χ0) is 18.2. The maximum absolute atomic E-state index is 13.8. The van der Waals surface area contributed by atoms with Crippen LogP contribution in [-0.2, 0) is 11.2 Å². The Bertz CT molecular complexity index is 615. The van der Waals surface area contributed by atoms with E-state index in [1.54, 1.807) is 20.2 Å². The SMILES string of the molecule is CN=C(NCCc1cc(Br)ccc1F)N1CCC(CC(=O)NC)CC1. The number of rotatable bonds is 5. The Kier molecular flexibility index (Phi) is 7.68. The molecule has 1 aliphatic rings. The first-order valence-electron chi connectivity index (χ1n) is 8.63. The van der Waals surface area contributed by atoms with Crippen molar-refractivity contribution in [3.05, 3.63) is 34.1 Å². The van der Waals surface area contributed by atoms with E-state index in [1.807, 2.05) is 6.07 Å². The molecule has 1 heterocycles. The highest BCUT2D eigenvalue weighted by molar-refractivity contribution is 9.10. The summed E-state index contributed by atoms with van der Waals surface area (Å²) in [6.45, 7) is 2.39. The molecule has 0 bridgehead atoms. The van der Waals surface area contributed by atoms with Gasteiger partial charge < -0.3 is 15.5 Å². The predicted octanol–water partition coefficient (Wildman–Crippen LogP) is 2.55. The number of nitrogens with one attached hydrogen (secondary N) is 2. The summed E-state index contributed by atoms with van der Waals surface area (Å²) in [5.74, 6) is 1.20. The summed E-state index contributed by atoms with van der Waals surface area (Å²) in [5, 5.41) is 6.00. The number of likely N-dealkylation sites (tertiary alicyclic amines) is 1. The minimum atomic E-state index is -0.185. The van der Waals surface area contributed by atoms with Gasteiger partial charge in [-0.15, -0.1) is 0 Å². The highest BCUT2D eigenvalue weighted by atomic mass is 79.9. The molecule has 0 saturated carbocycles. The van der Waals surface area contributed by atoms with Crippen molar-refractivity contribution < 1.29 is 9.18 Å². The normalized spacial score (nSPS) is 16.0. The maximum atomic E-state index is 13.8. The number of piperidine rings is 1. The van der Waals surface area contributed by atoms with Crippen LogP contribution in [0.3, 0.4) is 0 Å². The van der Waals surface area contributed by atoms with Crippen LogP contribution in [0.2, 0.25) is 0 Å². The highest BCUT2D eigenvalue weighted by Crippen LogP contribution is 2.20. The number of aliphatic imine (C=N–C) groups is 1. The van der Waals surface area contributed by atoms with E-state index in [1.165, 1.54) is 6.07 Å². The summed E-state index contributed by atoms with van der Waals surface area (Å²) in [6.07, 6.45) is 3.15. The fourth-order valence-electron chi connectivity index (χ4n) is 3.09. The third-order valence-electron chi connectivity index (χ3n) is 4.56. The molecule has 0 unspecified atom stereocenters. The number of nitrogens with zero attached hydrogens (tertiary/aromatic N) is 2. The van der Waals surface area contributed by atoms with E-state index >= 15 is 0 Å². The first-order chi connectivity index (χ1) is 12.0. The number of hydrogen-bond donors (Lipinski definition) is 2. The Balaban J connectivity index is 1.79. The molecule has 0 radical (unpaired) electrons. The van der Waals surface area contributed by atoms with Crippen molar-refractivity contribution in [3.63, 3.8) is 0 Å². The smallest absolute Gasteiger partial charge is 0.220 e. The minimum Gasteiger partial charge on any atom is -0.359 e. The molecule has 0 atom stereocenters. The van der Waals surface area contributed by atoms with Crippen LogP contribution >= 0.6 is 15.9 Å². The van der Waals surface area contributed by atoms with E-state index in [4.69, 9.17) is 0 Å². The van der Waals surface area contributed by atoms with Crippen molar-refractivity contribution in [1.29, 1.82) is 0 Å². The Morgan fingerprint density at radius 3 is 2.76 bits per heavy atom. The second-order valence-corrected chi connectivity index (χ2v) is 7.18. The molecule has 25 heavy (non-hydrogen) atoms. The van der Waals surface area contributed by atoms with Crippen LogP contribution in [0.4, 0.5) is 4.39 Å². The summed E-state index contributed by atoms with van der Waals surface area (Å²) in [4.78, 5) is 18.0. The van der Waals surface area contributed by atoms with E-state index in [9.17, 15) is 9.18 Å². The number of amides is 1. The van der Waals surface area contributed by atoms with Crippen LogP contribution in [0.15, 0.2) is 27.7 Å². The molecule has 7 heteroatoms. The number of benzene rings is 1. The number of halogens is 2. The average molecular weight is 413 g/mol. The minimum absolute atomic E-state index is 0.108. The van der Waals surface area contributed by atoms with Crippen LogP contribution in [0, 0.1) is 11.7 Å². The molecule has 5 nitrogen and oxygen atoms in total. The number of guanidine groups is 1. The first-order valence-corrected chi connectivity index (χ1v) is 9.43. The number of carbonyl (C=O) groups is 1. The molecule has 1 aliphatic heterocycles. The van der Waals surface area contributed by atoms with Gasteiger partial charge in [0.05, 0.1) is 0 Å². The van der Waals surface area contributed by atoms with E-state index in [0.29, 0.717) is 30.9 Å². The van der Waals surface area contributed by atoms with Crippen molar-refractivity contribution in [2.75, 3.05) is 33.7 Å². The third-order valence-corrected chi connectivity index (χ3v) is 5.06. The van der Waals surface area contributed by atoms with E-state index < -0.39 is 0 Å². The lowest BCUT2D eigenvalue weighted by Crippen LogP contribution is -2.46. The summed E-state index contributed by atoms with van der Waals surface area (Å²) >= 11 is 3.37. The van der Waals surface area contributed by atoms with Crippen LogP contribution in [0.25, 0.3) is 0 Å². The molecule has 138 valence electrons. The quantitative estimate of drug-likeness (QED) is 0.576. The molecule has 0 aromatic heterocycles. The Hall–Kier alpha value is -1.63.